The third-order valence-electron chi connectivity index (χ3n) is 6.95. The first-order valence-corrected chi connectivity index (χ1v) is 16.9. The fraction of sp³-hybridized carbons (Fsp3) is 0.500. The molecule has 2 aromatic heterocycles. The van der Waals surface area contributed by atoms with E-state index in [-0.39, 0.29) is 17.5 Å². The Bertz CT molecular complexity index is 1320. The Morgan fingerprint density at radius 1 is 1.25 bits per heavy atom. The highest BCUT2D eigenvalue weighted by molar-refractivity contribution is 9.10. The number of para-hydroxylation sites is 1. The average Bonchev–Trinajstić information content (AvgIpc) is 3.30. The molecule has 3 N–H and O–H groups in total. The van der Waals surface area contributed by atoms with Crippen LogP contribution in [0.1, 0.15) is 27.0 Å². The van der Waals surface area contributed by atoms with E-state index in [9.17, 15) is 4.57 Å². The number of rotatable bonds is 5. The van der Waals surface area contributed by atoms with Gasteiger partial charge in [-0.2, -0.15) is 0 Å². The number of hydrogen-bond donors (Lipinski definition) is 2. The van der Waals surface area contributed by atoms with Gasteiger partial charge in [0.05, 0.1) is 6.61 Å². The van der Waals surface area contributed by atoms with Crippen LogP contribution in [0.25, 0.3) is 11.2 Å². The minimum Gasteiger partial charge on any atom is -0.407 e. The Labute approximate surface area is 218 Å². The first-order chi connectivity index (χ1) is 16.9. The zero-order valence-electron chi connectivity index (χ0n) is 20.7. The van der Waals surface area contributed by atoms with Crippen LogP contribution in [0.3, 0.4) is 0 Å². The number of anilines is 2. The van der Waals surface area contributed by atoms with Crippen molar-refractivity contribution in [3.05, 3.63) is 41.4 Å². The van der Waals surface area contributed by atoms with E-state index in [0.717, 1.165) is 0 Å². The molecule has 11 nitrogen and oxygen atoms in total. The van der Waals surface area contributed by atoms with Gasteiger partial charge in [0.15, 0.2) is 36.3 Å². The predicted molar refractivity (Wildman–Crippen MR) is 142 cm³/mol. The molecule has 0 bridgehead atoms. The molecule has 2 aliphatic rings. The molecule has 5 rings (SSSR count). The van der Waals surface area contributed by atoms with Crippen molar-refractivity contribution in [3.63, 3.8) is 0 Å². The lowest BCUT2D eigenvalue weighted by Crippen LogP contribution is -2.50. The molecule has 14 heteroatoms. The number of nitrogens with one attached hydrogen (secondary N) is 1. The zero-order chi connectivity index (χ0) is 25.9. The van der Waals surface area contributed by atoms with Crippen molar-refractivity contribution in [2.75, 3.05) is 17.4 Å². The monoisotopic (exact) mass is 596 g/mol. The van der Waals surface area contributed by atoms with E-state index in [1.165, 1.54) is 6.33 Å². The summed E-state index contributed by atoms with van der Waals surface area (Å²) in [5.74, 6) is 0.257. The lowest BCUT2D eigenvalue weighted by atomic mass is 10.1. The Balaban J connectivity index is 1.54. The lowest BCUT2D eigenvalue weighted by Gasteiger charge is -2.41. The van der Waals surface area contributed by atoms with Crippen LogP contribution in [0.2, 0.25) is 18.1 Å². The van der Waals surface area contributed by atoms with Crippen LogP contribution in [-0.2, 0) is 22.8 Å². The third kappa shape index (κ3) is 4.62. The molecule has 0 saturated carbocycles. The first kappa shape index (κ1) is 25.8. The molecule has 36 heavy (non-hydrogen) atoms. The standard InChI is InChI=1S/C22H30BrN6O5PSi/c1-22(2,3)36(4,5)34-17-16-14(11-31-35(30,33-16)28-13-9-7-6-8-10-13)32-20(17)29-19-15(27-21(29)23)18(24)25-12-26-19/h6-10,12,14,16-17,20H,11H2,1-5H3,(H,28,30)(H2,24,25,26)/t14?,16-,17+,20?,35+/m1/s1. The fourth-order valence-electron chi connectivity index (χ4n) is 4.04. The minimum absolute atomic E-state index is 0.0665. The molecule has 5 atom stereocenters. The van der Waals surface area contributed by atoms with Crippen LogP contribution in [0.5, 0.6) is 0 Å². The number of nitrogens with two attached hydrogens (primary N) is 1. The Morgan fingerprint density at radius 2 is 1.97 bits per heavy atom. The van der Waals surface area contributed by atoms with Crippen molar-refractivity contribution in [1.29, 1.82) is 0 Å². The van der Waals surface area contributed by atoms with E-state index in [1.807, 2.05) is 18.2 Å². The molecule has 2 unspecified atom stereocenters. The van der Waals surface area contributed by atoms with Crippen molar-refractivity contribution in [3.8, 4) is 0 Å². The van der Waals surface area contributed by atoms with Gasteiger partial charge in [0.1, 0.15) is 24.6 Å². The summed E-state index contributed by atoms with van der Waals surface area (Å²) >= 11 is 3.53. The van der Waals surface area contributed by atoms with Gasteiger partial charge in [-0.15, -0.1) is 0 Å². The van der Waals surface area contributed by atoms with Gasteiger partial charge in [-0.25, -0.2) is 19.5 Å². The second-order valence-corrected chi connectivity index (χ2v) is 17.6. The quantitative estimate of drug-likeness (QED) is 0.233. The molecule has 3 aromatic rings. The van der Waals surface area contributed by atoms with Crippen molar-refractivity contribution in [1.82, 2.24) is 19.5 Å². The number of halogens is 1. The molecule has 0 aliphatic carbocycles. The van der Waals surface area contributed by atoms with Gasteiger partial charge in [0.25, 0.3) is 0 Å². The summed E-state index contributed by atoms with van der Waals surface area (Å²) in [4.78, 5) is 13.0. The predicted octanol–water partition coefficient (Wildman–Crippen LogP) is 5.09. The summed E-state index contributed by atoms with van der Waals surface area (Å²) in [7, 11) is -6.03. The minimum atomic E-state index is -3.70. The van der Waals surface area contributed by atoms with E-state index in [2.05, 4.69) is 69.8 Å². The van der Waals surface area contributed by atoms with E-state index < -0.39 is 40.6 Å². The normalized spacial score (nSPS) is 28.8. The summed E-state index contributed by atoms with van der Waals surface area (Å²) in [6.45, 7) is 10.8. The number of hydrogen-bond acceptors (Lipinski definition) is 9. The Morgan fingerprint density at radius 3 is 2.67 bits per heavy atom. The molecular weight excluding hydrogens is 567 g/mol. The van der Waals surface area contributed by atoms with Crippen LogP contribution >= 0.6 is 23.7 Å². The second kappa shape index (κ2) is 9.16. The first-order valence-electron chi connectivity index (χ1n) is 11.6. The van der Waals surface area contributed by atoms with Crippen LogP contribution < -0.4 is 10.8 Å². The maximum absolute atomic E-state index is 13.6. The molecule has 2 fully saturated rings. The highest BCUT2D eigenvalue weighted by atomic mass is 79.9. The molecule has 0 amide bonds. The van der Waals surface area contributed by atoms with Crippen molar-refractivity contribution < 1.29 is 22.8 Å². The van der Waals surface area contributed by atoms with E-state index >= 15 is 0 Å². The molecule has 1 aromatic carbocycles. The van der Waals surface area contributed by atoms with Crippen molar-refractivity contribution in [2.24, 2.45) is 0 Å². The van der Waals surface area contributed by atoms with Gasteiger partial charge in [-0.3, -0.25) is 18.7 Å². The largest absolute Gasteiger partial charge is 0.433 e. The smallest absolute Gasteiger partial charge is 0.407 e. The van der Waals surface area contributed by atoms with Crippen LogP contribution in [0, 0.1) is 0 Å². The van der Waals surface area contributed by atoms with E-state index in [1.54, 1.807) is 16.7 Å². The summed E-state index contributed by atoms with van der Waals surface area (Å²) in [6.07, 6.45) is -1.10. The molecule has 2 saturated heterocycles. The van der Waals surface area contributed by atoms with Gasteiger partial charge in [0.2, 0.25) is 0 Å². The maximum Gasteiger partial charge on any atom is 0.433 e. The number of imidazole rings is 1. The van der Waals surface area contributed by atoms with Gasteiger partial charge < -0.3 is 14.9 Å². The van der Waals surface area contributed by atoms with Gasteiger partial charge in [0, 0.05) is 5.69 Å². The number of aromatic nitrogens is 4. The Kier molecular flexibility index (Phi) is 6.55. The van der Waals surface area contributed by atoms with Crippen molar-refractivity contribution >= 4 is 54.7 Å². The zero-order valence-corrected chi connectivity index (χ0v) is 24.2. The number of benzene rings is 1. The van der Waals surface area contributed by atoms with Gasteiger partial charge >= 0.3 is 7.75 Å². The fourth-order valence-corrected chi connectivity index (χ4v) is 7.43. The van der Waals surface area contributed by atoms with E-state index in [4.69, 9.17) is 23.9 Å². The highest BCUT2D eigenvalue weighted by Gasteiger charge is 2.57. The van der Waals surface area contributed by atoms with Gasteiger partial charge in [-0.05, 0) is 46.2 Å². The molecule has 0 radical (unpaired) electrons. The molecule has 194 valence electrons. The second-order valence-electron chi connectivity index (χ2n) is 10.4. The SMILES string of the molecule is CC(C)(C)[Si](C)(C)O[C@@H]1C(n2c(Br)nc3c(N)ncnc32)OC2CO[P@@](=O)(Nc3ccccc3)O[C@H]21. The van der Waals surface area contributed by atoms with Crippen molar-refractivity contribution in [2.45, 2.75) is 63.4 Å². The summed E-state index contributed by atoms with van der Waals surface area (Å²) in [5.41, 5.74) is 7.63. The summed E-state index contributed by atoms with van der Waals surface area (Å²) in [5, 5.41) is 2.84. The number of nitrogen functional groups attached to an aromatic ring is 1. The third-order valence-corrected chi connectivity index (χ3v) is 13.5. The van der Waals surface area contributed by atoms with Crippen LogP contribution in [0.15, 0.2) is 41.4 Å². The van der Waals surface area contributed by atoms with E-state index in [0.29, 0.717) is 21.6 Å². The number of ether oxygens (including phenoxy) is 1. The molecule has 0 spiro atoms. The van der Waals surface area contributed by atoms with Gasteiger partial charge in [-0.1, -0.05) is 39.0 Å². The molecular formula is C22H30BrN6O5PSi. The topological polar surface area (TPSA) is 136 Å². The van der Waals surface area contributed by atoms with Crippen LogP contribution in [0.4, 0.5) is 11.5 Å². The number of nitrogens with zero attached hydrogens (tertiary/aromatic N) is 4. The lowest BCUT2D eigenvalue weighted by molar-refractivity contribution is -0.0582. The average molecular weight is 597 g/mol. The molecule has 2 aliphatic heterocycles. The highest BCUT2D eigenvalue weighted by Crippen LogP contribution is 2.57. The maximum atomic E-state index is 13.6. The molecule has 4 heterocycles. The summed E-state index contributed by atoms with van der Waals surface area (Å²) < 4.78 is 41.1. The number of fused-ring (bicyclic) bond motifs is 2. The summed E-state index contributed by atoms with van der Waals surface area (Å²) in [6, 6.07) is 9.16. The van der Waals surface area contributed by atoms with Crippen LogP contribution in [-0.4, -0.2) is 52.8 Å². The Hall–Kier alpha value is -1.86.